The van der Waals surface area contributed by atoms with Crippen LogP contribution in [0.25, 0.3) is 0 Å². The van der Waals surface area contributed by atoms with Crippen LogP contribution in [0.5, 0.6) is 0 Å². The minimum atomic E-state index is -0.865. The predicted octanol–water partition coefficient (Wildman–Crippen LogP) is 3.38. The van der Waals surface area contributed by atoms with Gasteiger partial charge in [-0.05, 0) is 37.5 Å². The van der Waals surface area contributed by atoms with E-state index in [-0.39, 0.29) is 18.0 Å². The van der Waals surface area contributed by atoms with Crippen LogP contribution in [0.15, 0.2) is 28.7 Å². The van der Waals surface area contributed by atoms with E-state index in [1.807, 2.05) is 6.07 Å². The van der Waals surface area contributed by atoms with Crippen LogP contribution in [-0.4, -0.2) is 22.8 Å². The number of amides is 1. The molecule has 0 saturated heterocycles. The molecule has 0 atom stereocenters. The molecule has 0 radical (unpaired) electrons. The van der Waals surface area contributed by atoms with Crippen molar-refractivity contribution in [2.24, 2.45) is 0 Å². The van der Waals surface area contributed by atoms with E-state index in [0.29, 0.717) is 41.8 Å². The molecule has 2 N–H and O–H groups in total. The highest BCUT2D eigenvalue weighted by Gasteiger charge is 2.28. The molecule has 1 aromatic carbocycles. The Hall–Kier alpha value is -2.89. The van der Waals surface area contributed by atoms with Crippen LogP contribution < -0.4 is 5.32 Å². The predicted molar refractivity (Wildman–Crippen MR) is 91.1 cm³/mol. The lowest BCUT2D eigenvalue weighted by Gasteiger charge is -2.07. The van der Waals surface area contributed by atoms with Gasteiger partial charge in [-0.1, -0.05) is 12.1 Å². The van der Waals surface area contributed by atoms with Crippen molar-refractivity contribution in [1.82, 2.24) is 0 Å². The van der Waals surface area contributed by atoms with E-state index in [0.717, 1.165) is 12.0 Å². The second-order valence-electron chi connectivity index (χ2n) is 6.18. The lowest BCUT2D eigenvalue weighted by Crippen LogP contribution is -2.13. The van der Waals surface area contributed by atoms with Gasteiger partial charge in [-0.2, -0.15) is 0 Å². The Morgan fingerprint density at radius 3 is 2.80 bits per heavy atom. The molecule has 0 aliphatic heterocycles. The number of carboxylic acid groups (broad SMARTS) is 1. The highest BCUT2D eigenvalue weighted by molar-refractivity contribution is 6.07. The summed E-state index contributed by atoms with van der Waals surface area (Å²) in [5.74, 6) is -0.492. The molecule has 0 bridgehead atoms. The maximum Gasteiger partial charge on any atom is 0.303 e. The molecule has 1 heterocycles. The van der Waals surface area contributed by atoms with Gasteiger partial charge in [-0.3, -0.25) is 14.4 Å². The Balaban J connectivity index is 1.78. The number of ketones is 1. The first-order chi connectivity index (χ1) is 12.0. The number of carbonyl (C=O) groups is 3. The lowest BCUT2D eigenvalue weighted by atomic mass is 9.94. The number of aryl methyl sites for hydroxylation is 2. The molecule has 130 valence electrons. The molecule has 1 aromatic heterocycles. The number of aliphatic carboxylic acids is 1. The van der Waals surface area contributed by atoms with Crippen molar-refractivity contribution in [2.45, 2.75) is 39.0 Å². The van der Waals surface area contributed by atoms with Gasteiger partial charge in [0, 0.05) is 30.5 Å². The van der Waals surface area contributed by atoms with Gasteiger partial charge in [0.25, 0.3) is 5.91 Å². The lowest BCUT2D eigenvalue weighted by molar-refractivity contribution is -0.136. The molecule has 3 rings (SSSR count). The number of hydrogen-bond acceptors (Lipinski definition) is 4. The number of fused-ring (bicyclic) bond motifs is 1. The van der Waals surface area contributed by atoms with Gasteiger partial charge in [-0.25, -0.2) is 0 Å². The third-order valence-corrected chi connectivity index (χ3v) is 4.32. The highest BCUT2D eigenvalue weighted by Crippen LogP contribution is 2.29. The number of anilines is 1. The average Bonchev–Trinajstić information content (AvgIpc) is 2.92. The number of Topliss-reactive ketones (excluding diaryl/α,β-unsaturated/α-hetero) is 1. The summed E-state index contributed by atoms with van der Waals surface area (Å²) in [5, 5.41) is 11.5. The first kappa shape index (κ1) is 17.0. The first-order valence-corrected chi connectivity index (χ1v) is 8.23. The smallest absolute Gasteiger partial charge is 0.303 e. The molecule has 1 aliphatic carbocycles. The van der Waals surface area contributed by atoms with Crippen LogP contribution in [0.2, 0.25) is 0 Å². The molecule has 6 heteroatoms. The van der Waals surface area contributed by atoms with Gasteiger partial charge in [0.15, 0.2) is 11.5 Å². The van der Waals surface area contributed by atoms with Crippen LogP contribution in [0.3, 0.4) is 0 Å². The second-order valence-corrected chi connectivity index (χ2v) is 6.18. The summed E-state index contributed by atoms with van der Waals surface area (Å²) in [4.78, 5) is 35.2. The quantitative estimate of drug-likeness (QED) is 0.869. The topological polar surface area (TPSA) is 96.6 Å². The number of benzene rings is 1. The number of carbonyl (C=O) groups excluding carboxylic acids is 2. The fourth-order valence-electron chi connectivity index (χ4n) is 3.11. The maximum atomic E-state index is 12.5. The van der Waals surface area contributed by atoms with Crippen LogP contribution in [0.1, 0.15) is 57.1 Å². The van der Waals surface area contributed by atoms with E-state index < -0.39 is 11.9 Å². The van der Waals surface area contributed by atoms with Crippen molar-refractivity contribution >= 4 is 23.3 Å². The summed E-state index contributed by atoms with van der Waals surface area (Å²) >= 11 is 0. The fourth-order valence-corrected chi connectivity index (χ4v) is 3.11. The summed E-state index contributed by atoms with van der Waals surface area (Å²) in [5.41, 5.74) is 2.52. The molecule has 1 aliphatic rings. The summed E-state index contributed by atoms with van der Waals surface area (Å²) in [6.07, 6.45) is 2.32. The second kappa shape index (κ2) is 6.93. The number of nitrogens with one attached hydrogen (secondary N) is 1. The highest BCUT2D eigenvalue weighted by atomic mass is 16.4. The van der Waals surface area contributed by atoms with Crippen LogP contribution in [0.4, 0.5) is 5.69 Å². The molecule has 0 saturated carbocycles. The molecule has 6 nitrogen and oxygen atoms in total. The van der Waals surface area contributed by atoms with Crippen molar-refractivity contribution < 1.29 is 23.9 Å². The number of rotatable bonds is 5. The molecule has 1 amide bonds. The molecule has 25 heavy (non-hydrogen) atoms. The SMILES string of the molecule is Cc1c(C(=O)Nc2cccc(CCC(=O)O)c2)oc2c1C(=O)CCC2. The van der Waals surface area contributed by atoms with Crippen molar-refractivity contribution in [3.05, 3.63) is 52.5 Å². The van der Waals surface area contributed by atoms with Gasteiger partial charge < -0.3 is 14.8 Å². The van der Waals surface area contributed by atoms with Crippen molar-refractivity contribution in [3.63, 3.8) is 0 Å². The zero-order valence-corrected chi connectivity index (χ0v) is 13.9. The molecular weight excluding hydrogens is 322 g/mol. The number of carboxylic acids is 1. The van der Waals surface area contributed by atoms with E-state index in [4.69, 9.17) is 9.52 Å². The van der Waals surface area contributed by atoms with Gasteiger partial charge in [0.05, 0.1) is 5.56 Å². The Labute approximate surface area is 144 Å². The van der Waals surface area contributed by atoms with Gasteiger partial charge in [0.1, 0.15) is 5.76 Å². The van der Waals surface area contributed by atoms with Crippen molar-refractivity contribution in [3.8, 4) is 0 Å². The van der Waals surface area contributed by atoms with Gasteiger partial charge in [0.2, 0.25) is 0 Å². The molecule has 0 unspecified atom stereocenters. The summed E-state index contributed by atoms with van der Waals surface area (Å²) in [7, 11) is 0. The minimum absolute atomic E-state index is 0.0252. The molecule has 0 spiro atoms. The zero-order chi connectivity index (χ0) is 18.0. The third kappa shape index (κ3) is 3.63. The average molecular weight is 341 g/mol. The van der Waals surface area contributed by atoms with Crippen LogP contribution >= 0.6 is 0 Å². The number of hydrogen-bond donors (Lipinski definition) is 2. The molecule has 2 aromatic rings. The Bertz CT molecular complexity index is 849. The van der Waals surface area contributed by atoms with Crippen molar-refractivity contribution in [2.75, 3.05) is 5.32 Å². The van der Waals surface area contributed by atoms with E-state index in [2.05, 4.69) is 5.32 Å². The van der Waals surface area contributed by atoms with Crippen LogP contribution in [0, 0.1) is 6.92 Å². The van der Waals surface area contributed by atoms with E-state index >= 15 is 0 Å². The minimum Gasteiger partial charge on any atom is -0.481 e. The molecular formula is C19H19NO5. The van der Waals surface area contributed by atoms with Crippen molar-refractivity contribution in [1.29, 1.82) is 0 Å². The van der Waals surface area contributed by atoms with E-state index in [9.17, 15) is 14.4 Å². The Kier molecular flexibility index (Phi) is 4.70. The van der Waals surface area contributed by atoms with E-state index in [1.165, 1.54) is 0 Å². The monoisotopic (exact) mass is 341 g/mol. The summed E-state index contributed by atoms with van der Waals surface area (Å²) < 4.78 is 5.64. The third-order valence-electron chi connectivity index (χ3n) is 4.32. The first-order valence-electron chi connectivity index (χ1n) is 8.23. The van der Waals surface area contributed by atoms with Crippen LogP contribution in [-0.2, 0) is 17.6 Å². The summed E-state index contributed by atoms with van der Waals surface area (Å²) in [6, 6.07) is 7.04. The largest absolute Gasteiger partial charge is 0.481 e. The molecule has 0 fully saturated rings. The van der Waals surface area contributed by atoms with Gasteiger partial charge in [-0.15, -0.1) is 0 Å². The summed E-state index contributed by atoms with van der Waals surface area (Å²) in [6.45, 7) is 1.73. The Morgan fingerprint density at radius 1 is 1.28 bits per heavy atom. The Morgan fingerprint density at radius 2 is 2.08 bits per heavy atom. The standard InChI is InChI=1S/C19H19NO5/c1-11-17-14(21)6-3-7-15(17)25-18(11)19(24)20-13-5-2-4-12(10-13)8-9-16(22)23/h2,4-5,10H,3,6-9H2,1H3,(H,20,24)(H,22,23). The number of furan rings is 1. The maximum absolute atomic E-state index is 12.5. The normalized spacial score (nSPS) is 13.4. The fraction of sp³-hybridized carbons (Fsp3) is 0.316. The zero-order valence-electron chi connectivity index (χ0n) is 13.9. The van der Waals surface area contributed by atoms with E-state index in [1.54, 1.807) is 25.1 Å². The van der Waals surface area contributed by atoms with Gasteiger partial charge >= 0.3 is 5.97 Å².